The molecule has 1 saturated heterocycles. The zero-order valence-corrected chi connectivity index (χ0v) is 10.5. The average Bonchev–Trinajstić information content (AvgIpc) is 2.48. The summed E-state index contributed by atoms with van der Waals surface area (Å²) < 4.78 is 10.5. The number of hydrogen-bond donors (Lipinski definition) is 4. The summed E-state index contributed by atoms with van der Waals surface area (Å²) in [6.07, 6.45) is -5.94. The standard InChI is InChI=1S/C13H16O7/c14-5-7-1-3-8(4-2-7)19-13-12(18)11(17)10(16)9(6-15)20-13/h1-5,9-13,15-18H,6H2/t9-,10-,11+,12-,13-/m1/s1. The van der Waals surface area contributed by atoms with Gasteiger partial charge < -0.3 is 29.9 Å². The van der Waals surface area contributed by atoms with Gasteiger partial charge in [0.25, 0.3) is 0 Å². The SMILES string of the molecule is O=Cc1ccc(O[C@@H]2O[C@H](CO)[C@@H](O)[C@H](O)[C@H]2O)cc1. The molecule has 0 unspecified atom stereocenters. The van der Waals surface area contributed by atoms with Crippen LogP contribution in [0.2, 0.25) is 0 Å². The smallest absolute Gasteiger partial charge is 0.229 e. The van der Waals surface area contributed by atoms with Crippen molar-refractivity contribution in [2.24, 2.45) is 0 Å². The quantitative estimate of drug-likeness (QED) is 0.507. The Kier molecular flexibility index (Phi) is 4.69. The molecule has 0 aliphatic carbocycles. The number of aldehydes is 1. The Morgan fingerprint density at radius 3 is 2.30 bits per heavy atom. The largest absolute Gasteiger partial charge is 0.462 e. The topological polar surface area (TPSA) is 116 Å². The van der Waals surface area contributed by atoms with Gasteiger partial charge in [-0.05, 0) is 24.3 Å². The van der Waals surface area contributed by atoms with E-state index in [1.54, 1.807) is 0 Å². The summed E-state index contributed by atoms with van der Waals surface area (Å²) in [4.78, 5) is 10.5. The molecule has 0 amide bonds. The minimum atomic E-state index is -1.49. The number of benzene rings is 1. The third kappa shape index (κ3) is 2.97. The Bertz CT molecular complexity index is 445. The van der Waals surface area contributed by atoms with Crippen LogP contribution in [0.25, 0.3) is 0 Å². The van der Waals surface area contributed by atoms with E-state index in [-0.39, 0.29) is 0 Å². The van der Waals surface area contributed by atoms with E-state index in [1.165, 1.54) is 24.3 Å². The van der Waals surface area contributed by atoms with Gasteiger partial charge in [-0.25, -0.2) is 0 Å². The first-order valence-electron chi connectivity index (χ1n) is 6.09. The summed E-state index contributed by atoms with van der Waals surface area (Å²) >= 11 is 0. The monoisotopic (exact) mass is 284 g/mol. The van der Waals surface area contributed by atoms with E-state index in [0.717, 1.165) is 0 Å². The zero-order valence-electron chi connectivity index (χ0n) is 10.5. The third-order valence-corrected chi connectivity index (χ3v) is 3.12. The van der Waals surface area contributed by atoms with E-state index in [4.69, 9.17) is 14.6 Å². The van der Waals surface area contributed by atoms with Gasteiger partial charge in [0.15, 0.2) is 0 Å². The molecule has 1 aromatic rings. The summed E-state index contributed by atoms with van der Waals surface area (Å²) in [5.74, 6) is 0.319. The van der Waals surface area contributed by atoms with E-state index in [1.807, 2.05) is 0 Å². The molecule has 1 fully saturated rings. The lowest BCUT2D eigenvalue weighted by Crippen LogP contribution is -2.60. The molecule has 2 rings (SSSR count). The number of aliphatic hydroxyl groups is 4. The highest BCUT2D eigenvalue weighted by Crippen LogP contribution is 2.24. The molecular weight excluding hydrogens is 268 g/mol. The molecule has 4 N–H and O–H groups in total. The van der Waals surface area contributed by atoms with Gasteiger partial charge in [0.1, 0.15) is 36.5 Å². The molecule has 0 radical (unpaired) electrons. The van der Waals surface area contributed by atoms with Gasteiger partial charge in [-0.1, -0.05) is 0 Å². The molecule has 7 nitrogen and oxygen atoms in total. The molecule has 1 aliphatic rings. The minimum absolute atomic E-state index is 0.319. The molecule has 1 heterocycles. The molecular formula is C13H16O7. The Morgan fingerprint density at radius 2 is 1.75 bits per heavy atom. The summed E-state index contributed by atoms with van der Waals surface area (Å²) in [5.41, 5.74) is 0.464. The van der Waals surface area contributed by atoms with Crippen LogP contribution in [0.3, 0.4) is 0 Å². The summed E-state index contributed by atoms with van der Waals surface area (Å²) in [6, 6.07) is 6.05. The van der Waals surface area contributed by atoms with Crippen LogP contribution in [0.5, 0.6) is 5.75 Å². The summed E-state index contributed by atoms with van der Waals surface area (Å²) in [5, 5.41) is 38.1. The van der Waals surface area contributed by atoms with Gasteiger partial charge in [0.2, 0.25) is 6.29 Å². The molecule has 110 valence electrons. The molecule has 1 aromatic carbocycles. The first kappa shape index (κ1) is 14.9. The number of carbonyl (C=O) groups is 1. The normalized spacial score (nSPS) is 33.7. The van der Waals surface area contributed by atoms with Gasteiger partial charge in [-0.3, -0.25) is 4.79 Å². The average molecular weight is 284 g/mol. The van der Waals surface area contributed by atoms with Crippen LogP contribution >= 0.6 is 0 Å². The molecule has 20 heavy (non-hydrogen) atoms. The number of ether oxygens (including phenoxy) is 2. The van der Waals surface area contributed by atoms with Crippen molar-refractivity contribution in [3.05, 3.63) is 29.8 Å². The van der Waals surface area contributed by atoms with Crippen LogP contribution in [0.1, 0.15) is 10.4 Å². The van der Waals surface area contributed by atoms with Crippen molar-refractivity contribution in [2.45, 2.75) is 30.7 Å². The Balaban J connectivity index is 2.08. The number of aliphatic hydroxyl groups excluding tert-OH is 4. The second kappa shape index (κ2) is 6.29. The van der Waals surface area contributed by atoms with E-state index in [9.17, 15) is 20.1 Å². The maximum atomic E-state index is 10.5. The fourth-order valence-electron chi connectivity index (χ4n) is 1.92. The molecule has 0 spiro atoms. The van der Waals surface area contributed by atoms with Crippen LogP contribution < -0.4 is 4.74 Å². The second-order valence-corrected chi connectivity index (χ2v) is 4.50. The molecule has 5 atom stereocenters. The zero-order chi connectivity index (χ0) is 14.7. The van der Waals surface area contributed by atoms with Gasteiger partial charge in [-0.15, -0.1) is 0 Å². The molecule has 1 aliphatic heterocycles. The Hall–Kier alpha value is -1.51. The molecule has 0 aromatic heterocycles. The maximum absolute atomic E-state index is 10.5. The highest BCUT2D eigenvalue weighted by Gasteiger charge is 2.44. The summed E-state index contributed by atoms with van der Waals surface area (Å²) in [6.45, 7) is -0.519. The van der Waals surface area contributed by atoms with Crippen LogP contribution in [-0.4, -0.2) is 64.0 Å². The van der Waals surface area contributed by atoms with Crippen LogP contribution in [0.4, 0.5) is 0 Å². The molecule has 7 heteroatoms. The highest BCUT2D eigenvalue weighted by atomic mass is 16.7. The minimum Gasteiger partial charge on any atom is -0.462 e. The van der Waals surface area contributed by atoms with Crippen molar-refractivity contribution >= 4 is 6.29 Å². The van der Waals surface area contributed by atoms with Crippen molar-refractivity contribution in [1.29, 1.82) is 0 Å². The molecule has 0 bridgehead atoms. The lowest BCUT2D eigenvalue weighted by Gasteiger charge is -2.39. The van der Waals surface area contributed by atoms with Crippen LogP contribution in [0.15, 0.2) is 24.3 Å². The van der Waals surface area contributed by atoms with E-state index >= 15 is 0 Å². The van der Waals surface area contributed by atoms with Gasteiger partial charge in [0.05, 0.1) is 6.61 Å². The Morgan fingerprint density at radius 1 is 1.10 bits per heavy atom. The van der Waals surface area contributed by atoms with Crippen LogP contribution in [-0.2, 0) is 4.74 Å². The highest BCUT2D eigenvalue weighted by molar-refractivity contribution is 5.74. The van der Waals surface area contributed by atoms with E-state index < -0.39 is 37.3 Å². The van der Waals surface area contributed by atoms with Crippen molar-refractivity contribution in [1.82, 2.24) is 0 Å². The van der Waals surface area contributed by atoms with Crippen molar-refractivity contribution in [2.75, 3.05) is 6.61 Å². The third-order valence-electron chi connectivity index (χ3n) is 3.12. The van der Waals surface area contributed by atoms with E-state index in [0.29, 0.717) is 17.6 Å². The first-order chi connectivity index (χ1) is 9.56. The van der Waals surface area contributed by atoms with Crippen molar-refractivity contribution in [3.8, 4) is 5.75 Å². The second-order valence-electron chi connectivity index (χ2n) is 4.50. The van der Waals surface area contributed by atoms with Gasteiger partial charge in [-0.2, -0.15) is 0 Å². The van der Waals surface area contributed by atoms with E-state index in [2.05, 4.69) is 0 Å². The molecule has 0 saturated carbocycles. The van der Waals surface area contributed by atoms with Gasteiger partial charge >= 0.3 is 0 Å². The Labute approximate surface area is 115 Å². The van der Waals surface area contributed by atoms with Crippen molar-refractivity contribution < 1.29 is 34.7 Å². The number of hydrogen-bond acceptors (Lipinski definition) is 7. The lowest BCUT2D eigenvalue weighted by molar-refractivity contribution is -0.277. The number of rotatable bonds is 4. The van der Waals surface area contributed by atoms with Crippen molar-refractivity contribution in [3.63, 3.8) is 0 Å². The summed E-state index contributed by atoms with van der Waals surface area (Å²) in [7, 11) is 0. The fraction of sp³-hybridized carbons (Fsp3) is 0.462. The van der Waals surface area contributed by atoms with Gasteiger partial charge in [0, 0.05) is 5.56 Å². The maximum Gasteiger partial charge on any atom is 0.229 e. The predicted octanol–water partition coefficient (Wildman–Crippen LogP) is -1.32. The lowest BCUT2D eigenvalue weighted by atomic mass is 9.99. The fourth-order valence-corrected chi connectivity index (χ4v) is 1.92. The number of carbonyl (C=O) groups excluding carboxylic acids is 1. The van der Waals surface area contributed by atoms with Crippen LogP contribution in [0, 0.1) is 0 Å². The first-order valence-corrected chi connectivity index (χ1v) is 6.09. The predicted molar refractivity (Wildman–Crippen MR) is 66.2 cm³/mol.